The fourth-order valence-corrected chi connectivity index (χ4v) is 1.07. The Hall–Kier alpha value is -1.26. The van der Waals surface area contributed by atoms with E-state index < -0.39 is 11.4 Å². The van der Waals surface area contributed by atoms with Gasteiger partial charge in [-0.2, -0.15) is 0 Å². The highest BCUT2D eigenvalue weighted by Crippen LogP contribution is 2.19. The lowest BCUT2D eigenvalue weighted by Crippen LogP contribution is -2.44. The molecule has 2 amide bonds. The van der Waals surface area contributed by atoms with E-state index in [2.05, 4.69) is 10.6 Å². The minimum absolute atomic E-state index is 0.150. The molecule has 5 nitrogen and oxygen atoms in total. The Morgan fingerprint density at radius 2 is 1.88 bits per heavy atom. The maximum Gasteiger partial charge on any atom is 0.314 e. The number of nitrogens with one attached hydrogen (secondary N) is 2. The van der Waals surface area contributed by atoms with E-state index in [4.69, 9.17) is 5.11 Å². The number of unbranched alkanes of at least 4 members (excludes halogenated alkanes) is 1. The maximum absolute atomic E-state index is 11.3. The van der Waals surface area contributed by atoms with Gasteiger partial charge in [0.15, 0.2) is 0 Å². The van der Waals surface area contributed by atoms with Gasteiger partial charge in [-0.3, -0.25) is 4.79 Å². The number of urea groups is 1. The molecule has 0 bridgehead atoms. The molecule has 0 aliphatic rings. The number of hydrogen-bond acceptors (Lipinski definition) is 2. The quantitative estimate of drug-likeness (QED) is 0.581. The van der Waals surface area contributed by atoms with Gasteiger partial charge in [-0.15, -0.1) is 0 Å². The van der Waals surface area contributed by atoms with Crippen LogP contribution in [0, 0.1) is 5.41 Å². The second kappa shape index (κ2) is 7.09. The van der Waals surface area contributed by atoms with Crippen LogP contribution in [0.5, 0.6) is 0 Å². The van der Waals surface area contributed by atoms with Crippen LogP contribution in [0.15, 0.2) is 0 Å². The van der Waals surface area contributed by atoms with E-state index in [-0.39, 0.29) is 12.6 Å². The van der Waals surface area contributed by atoms with Gasteiger partial charge in [0.05, 0.1) is 5.41 Å². The van der Waals surface area contributed by atoms with Crippen LogP contribution in [-0.2, 0) is 4.79 Å². The summed E-state index contributed by atoms with van der Waals surface area (Å²) in [5.41, 5.74) is -0.887. The van der Waals surface area contributed by atoms with Crippen LogP contribution >= 0.6 is 0 Å². The van der Waals surface area contributed by atoms with E-state index in [1.807, 2.05) is 6.92 Å². The molecular formula is C11H22N2O3. The topological polar surface area (TPSA) is 78.4 Å². The summed E-state index contributed by atoms with van der Waals surface area (Å²) in [7, 11) is 0. The number of carbonyl (C=O) groups is 2. The minimum Gasteiger partial charge on any atom is -0.481 e. The average molecular weight is 230 g/mol. The summed E-state index contributed by atoms with van der Waals surface area (Å²) in [6, 6.07) is -0.297. The average Bonchev–Trinajstić information content (AvgIpc) is 2.26. The highest BCUT2D eigenvalue weighted by Gasteiger charge is 2.31. The third-order valence-electron chi connectivity index (χ3n) is 2.75. The van der Waals surface area contributed by atoms with E-state index in [9.17, 15) is 9.59 Å². The summed E-state index contributed by atoms with van der Waals surface area (Å²) in [6.07, 6.45) is 2.43. The summed E-state index contributed by atoms with van der Waals surface area (Å²) in [6.45, 7) is 6.24. The lowest BCUT2D eigenvalue weighted by atomic mass is 9.88. The largest absolute Gasteiger partial charge is 0.481 e. The zero-order valence-electron chi connectivity index (χ0n) is 10.3. The first kappa shape index (κ1) is 14.7. The summed E-state index contributed by atoms with van der Waals surface area (Å²) >= 11 is 0. The van der Waals surface area contributed by atoms with E-state index in [1.54, 1.807) is 13.8 Å². The Morgan fingerprint density at radius 1 is 1.25 bits per heavy atom. The van der Waals surface area contributed by atoms with Crippen LogP contribution in [-0.4, -0.2) is 30.2 Å². The van der Waals surface area contributed by atoms with Crippen molar-refractivity contribution in [2.24, 2.45) is 5.41 Å². The zero-order chi connectivity index (χ0) is 12.6. The molecule has 0 aromatic carbocycles. The molecule has 94 valence electrons. The standard InChI is InChI=1S/C11H22N2O3/c1-4-6-7-12-10(16)13-8-11(3,5-2)9(14)15/h4-8H2,1-3H3,(H,14,15)(H2,12,13,16). The molecule has 1 atom stereocenters. The van der Waals surface area contributed by atoms with Gasteiger partial charge in [-0.05, 0) is 19.8 Å². The van der Waals surface area contributed by atoms with Crippen molar-refractivity contribution in [3.05, 3.63) is 0 Å². The maximum atomic E-state index is 11.3. The number of hydrogen-bond donors (Lipinski definition) is 3. The van der Waals surface area contributed by atoms with Crippen molar-refractivity contribution >= 4 is 12.0 Å². The van der Waals surface area contributed by atoms with E-state index in [0.29, 0.717) is 13.0 Å². The number of carboxylic acids is 1. The van der Waals surface area contributed by atoms with Gasteiger partial charge >= 0.3 is 12.0 Å². The zero-order valence-corrected chi connectivity index (χ0v) is 10.3. The molecule has 0 aromatic heterocycles. The summed E-state index contributed by atoms with van der Waals surface area (Å²) < 4.78 is 0. The number of carbonyl (C=O) groups excluding carboxylic acids is 1. The van der Waals surface area contributed by atoms with Crippen molar-refractivity contribution in [3.8, 4) is 0 Å². The molecule has 0 saturated carbocycles. The Kier molecular flexibility index (Phi) is 6.53. The molecule has 0 aliphatic carbocycles. The number of rotatable bonds is 7. The lowest BCUT2D eigenvalue weighted by molar-refractivity contribution is -0.147. The Morgan fingerprint density at radius 3 is 2.31 bits per heavy atom. The first-order chi connectivity index (χ1) is 7.46. The normalized spacial score (nSPS) is 13.9. The molecule has 5 heteroatoms. The molecular weight excluding hydrogens is 208 g/mol. The first-order valence-corrected chi connectivity index (χ1v) is 5.71. The Balaban J connectivity index is 3.93. The SMILES string of the molecule is CCCCNC(=O)NCC(C)(CC)C(=O)O. The van der Waals surface area contributed by atoms with Crippen LogP contribution in [0.3, 0.4) is 0 Å². The van der Waals surface area contributed by atoms with Crippen LogP contribution in [0.1, 0.15) is 40.0 Å². The van der Waals surface area contributed by atoms with E-state index >= 15 is 0 Å². The highest BCUT2D eigenvalue weighted by molar-refractivity contribution is 5.77. The molecule has 0 saturated heterocycles. The molecule has 0 fully saturated rings. The predicted molar refractivity (Wildman–Crippen MR) is 62.3 cm³/mol. The highest BCUT2D eigenvalue weighted by atomic mass is 16.4. The predicted octanol–water partition coefficient (Wildman–Crippen LogP) is 1.59. The van der Waals surface area contributed by atoms with E-state index in [0.717, 1.165) is 12.8 Å². The molecule has 0 aromatic rings. The van der Waals surface area contributed by atoms with Crippen molar-refractivity contribution in [2.75, 3.05) is 13.1 Å². The number of carboxylic acid groups (broad SMARTS) is 1. The third kappa shape index (κ3) is 5.00. The minimum atomic E-state index is -0.887. The Bertz CT molecular complexity index is 243. The van der Waals surface area contributed by atoms with Gasteiger partial charge in [-0.1, -0.05) is 20.3 Å². The second-order valence-corrected chi connectivity index (χ2v) is 4.18. The van der Waals surface area contributed by atoms with Crippen molar-refractivity contribution < 1.29 is 14.7 Å². The fourth-order valence-electron chi connectivity index (χ4n) is 1.07. The molecule has 3 N–H and O–H groups in total. The number of aliphatic carboxylic acids is 1. The van der Waals surface area contributed by atoms with Gasteiger partial charge in [0.1, 0.15) is 0 Å². The Labute approximate surface area is 96.6 Å². The molecule has 0 radical (unpaired) electrons. The van der Waals surface area contributed by atoms with Gasteiger partial charge in [-0.25, -0.2) is 4.79 Å². The van der Waals surface area contributed by atoms with Crippen LogP contribution < -0.4 is 10.6 Å². The molecule has 0 aliphatic heterocycles. The van der Waals surface area contributed by atoms with Crippen LogP contribution in [0.2, 0.25) is 0 Å². The van der Waals surface area contributed by atoms with Crippen molar-refractivity contribution in [1.29, 1.82) is 0 Å². The molecule has 0 rings (SSSR count). The fraction of sp³-hybridized carbons (Fsp3) is 0.818. The summed E-state index contributed by atoms with van der Waals surface area (Å²) in [5.74, 6) is -0.885. The van der Waals surface area contributed by atoms with E-state index in [1.165, 1.54) is 0 Å². The number of amides is 2. The van der Waals surface area contributed by atoms with Gasteiger partial charge < -0.3 is 15.7 Å². The van der Waals surface area contributed by atoms with Crippen molar-refractivity contribution in [1.82, 2.24) is 10.6 Å². The molecule has 0 spiro atoms. The van der Waals surface area contributed by atoms with Crippen LogP contribution in [0.4, 0.5) is 4.79 Å². The summed E-state index contributed by atoms with van der Waals surface area (Å²) in [4.78, 5) is 22.2. The van der Waals surface area contributed by atoms with Gasteiger partial charge in [0, 0.05) is 13.1 Å². The van der Waals surface area contributed by atoms with Gasteiger partial charge in [0.2, 0.25) is 0 Å². The monoisotopic (exact) mass is 230 g/mol. The molecule has 0 heterocycles. The van der Waals surface area contributed by atoms with Crippen molar-refractivity contribution in [3.63, 3.8) is 0 Å². The van der Waals surface area contributed by atoms with Gasteiger partial charge in [0.25, 0.3) is 0 Å². The smallest absolute Gasteiger partial charge is 0.314 e. The molecule has 16 heavy (non-hydrogen) atoms. The van der Waals surface area contributed by atoms with Crippen LogP contribution in [0.25, 0.3) is 0 Å². The first-order valence-electron chi connectivity index (χ1n) is 5.71. The molecule has 1 unspecified atom stereocenters. The van der Waals surface area contributed by atoms with Crippen molar-refractivity contribution in [2.45, 2.75) is 40.0 Å². The second-order valence-electron chi connectivity index (χ2n) is 4.18. The third-order valence-corrected chi connectivity index (χ3v) is 2.75. The lowest BCUT2D eigenvalue weighted by Gasteiger charge is -2.23. The summed E-state index contributed by atoms with van der Waals surface area (Å²) in [5, 5.41) is 14.2.